The van der Waals surface area contributed by atoms with Crippen molar-refractivity contribution in [1.29, 1.82) is 0 Å². The second kappa shape index (κ2) is 5.95. The largest absolute Gasteiger partial charge is 0.391 e. The molecule has 1 fully saturated rings. The first kappa shape index (κ1) is 15.0. The number of H-pyrrole nitrogens is 1. The Kier molecular flexibility index (Phi) is 3.30. The van der Waals surface area contributed by atoms with Crippen molar-refractivity contribution in [2.75, 3.05) is 25.5 Å². The van der Waals surface area contributed by atoms with Gasteiger partial charge in [0.1, 0.15) is 17.0 Å². The number of nitrogens with one attached hydrogen (secondary N) is 2. The second-order valence-electron chi connectivity index (χ2n) is 7.08. The van der Waals surface area contributed by atoms with Crippen LogP contribution in [0, 0.1) is 5.92 Å². The van der Waals surface area contributed by atoms with Crippen LogP contribution < -0.4 is 10.8 Å². The van der Waals surface area contributed by atoms with Crippen molar-refractivity contribution in [2.24, 2.45) is 10.9 Å². The number of amides is 1. The average Bonchev–Trinajstić information content (AvgIpc) is 3.20. The first-order chi connectivity index (χ1) is 13.5. The predicted molar refractivity (Wildman–Crippen MR) is 99.9 cm³/mol. The van der Waals surface area contributed by atoms with Crippen LogP contribution in [0.3, 0.4) is 0 Å². The van der Waals surface area contributed by atoms with Gasteiger partial charge in [-0.1, -0.05) is 12.1 Å². The van der Waals surface area contributed by atoms with Gasteiger partial charge in [-0.15, -0.1) is 0 Å². The molecule has 1 saturated heterocycles. The number of fused-ring (bicyclic) bond motifs is 5. The van der Waals surface area contributed by atoms with E-state index in [0.717, 1.165) is 11.3 Å². The fourth-order valence-electron chi connectivity index (χ4n) is 3.93. The van der Waals surface area contributed by atoms with Gasteiger partial charge in [-0.2, -0.15) is 9.61 Å². The summed E-state index contributed by atoms with van der Waals surface area (Å²) in [6, 6.07) is 9.79. The topological polar surface area (TPSA) is 98.0 Å². The van der Waals surface area contributed by atoms with Crippen LogP contribution in [0.15, 0.2) is 41.5 Å². The molecule has 2 unspecified atom stereocenters. The summed E-state index contributed by atoms with van der Waals surface area (Å²) in [5.74, 6) is 0.301. The van der Waals surface area contributed by atoms with Gasteiger partial charge in [0.05, 0.1) is 13.6 Å². The molecule has 0 saturated carbocycles. The number of nitrogens with zero attached hydrogens (tertiary/aromatic N) is 4. The number of rotatable bonds is 0. The van der Waals surface area contributed by atoms with Gasteiger partial charge in [0, 0.05) is 37.8 Å². The number of benzene rings is 1. The zero-order valence-electron chi connectivity index (χ0n) is 15.8. The van der Waals surface area contributed by atoms with Crippen molar-refractivity contribution in [3.63, 3.8) is 0 Å². The van der Waals surface area contributed by atoms with Gasteiger partial charge >= 0.3 is 0 Å². The third-order valence-electron chi connectivity index (χ3n) is 5.29. The summed E-state index contributed by atoms with van der Waals surface area (Å²) in [6.45, 7) is 0.696. The van der Waals surface area contributed by atoms with Crippen LogP contribution in [0.25, 0.3) is 5.65 Å². The van der Waals surface area contributed by atoms with E-state index in [9.17, 15) is 9.90 Å². The van der Waals surface area contributed by atoms with E-state index in [4.69, 9.17) is 1.37 Å². The highest BCUT2D eigenvalue weighted by molar-refractivity contribution is 6.00. The van der Waals surface area contributed by atoms with Gasteiger partial charge in [0.2, 0.25) is 0 Å². The van der Waals surface area contributed by atoms with Crippen molar-refractivity contribution in [3.05, 3.63) is 53.1 Å². The number of aromatic amines is 1. The van der Waals surface area contributed by atoms with Crippen molar-refractivity contribution in [2.45, 2.75) is 12.5 Å². The molecular weight excluding hydrogens is 344 g/mol. The molecular formula is C19H20N6O2. The van der Waals surface area contributed by atoms with Gasteiger partial charge in [-0.25, -0.2) is 0 Å². The fraction of sp³-hybridized carbons (Fsp3) is 0.316. The number of anilines is 2. The van der Waals surface area contributed by atoms with Crippen LogP contribution in [0.5, 0.6) is 0 Å². The van der Waals surface area contributed by atoms with Crippen LogP contribution in [-0.4, -0.2) is 56.8 Å². The Morgan fingerprint density at radius 3 is 3.11 bits per heavy atom. The number of carbonyl (C=O) groups is 1. The Bertz CT molecular complexity index is 1170. The lowest BCUT2D eigenvalue weighted by atomic mass is 9.96. The van der Waals surface area contributed by atoms with E-state index >= 15 is 0 Å². The van der Waals surface area contributed by atoms with Crippen molar-refractivity contribution in [3.8, 4) is 0 Å². The Balaban J connectivity index is 1.77. The van der Waals surface area contributed by atoms with E-state index < -0.39 is 6.10 Å². The monoisotopic (exact) mass is 365 g/mol. The standard InChI is InChI=1S/C19H20N6O2/c1-20-17-7-16-22-13-4-2-3-11(6-13)5-12-9-24(10-15(12)26)19(27)14-8-21-25(17)18(14)23-16/h2-4,6-8,12,15,22-23,26H,5,9-10H2,1H3/i8D. The highest BCUT2D eigenvalue weighted by Crippen LogP contribution is 2.26. The summed E-state index contributed by atoms with van der Waals surface area (Å²) in [4.78, 5) is 22.3. The van der Waals surface area contributed by atoms with E-state index in [1.807, 2.05) is 24.3 Å². The molecule has 3 aromatic rings. The van der Waals surface area contributed by atoms with Crippen molar-refractivity contribution in [1.82, 2.24) is 19.5 Å². The number of carbonyl (C=O) groups excluding carboxylic acids is 1. The highest BCUT2D eigenvalue weighted by Gasteiger charge is 2.35. The van der Waals surface area contributed by atoms with E-state index in [1.54, 1.807) is 18.0 Å². The Morgan fingerprint density at radius 1 is 1.37 bits per heavy atom. The minimum atomic E-state index is -0.597. The molecule has 2 aliphatic rings. The smallest absolute Gasteiger partial charge is 0.259 e. The number of hydrogen-bond donors (Lipinski definition) is 3. The summed E-state index contributed by atoms with van der Waals surface area (Å²) >= 11 is 0. The van der Waals surface area contributed by atoms with Gasteiger partial charge in [0.25, 0.3) is 5.91 Å². The Morgan fingerprint density at radius 2 is 2.26 bits per heavy atom. The van der Waals surface area contributed by atoms with E-state index in [1.165, 1.54) is 4.52 Å². The molecule has 8 nitrogen and oxygen atoms in total. The number of hydrogen-bond acceptors (Lipinski definition) is 5. The molecule has 8 heteroatoms. The van der Waals surface area contributed by atoms with Crippen LogP contribution in [0.4, 0.5) is 11.5 Å². The van der Waals surface area contributed by atoms with Crippen molar-refractivity contribution >= 4 is 23.1 Å². The molecule has 0 radical (unpaired) electrons. The van der Waals surface area contributed by atoms with Crippen LogP contribution in [0.2, 0.25) is 0 Å². The molecule has 2 atom stereocenters. The third kappa shape index (κ3) is 2.60. The van der Waals surface area contributed by atoms with Crippen LogP contribution in [0.1, 0.15) is 17.3 Å². The van der Waals surface area contributed by atoms with Gasteiger partial charge in [0.15, 0.2) is 5.49 Å². The van der Waals surface area contributed by atoms with E-state index in [-0.39, 0.29) is 30.1 Å². The Hall–Kier alpha value is -3.13. The van der Waals surface area contributed by atoms with E-state index in [2.05, 4.69) is 20.4 Å². The highest BCUT2D eigenvalue weighted by atomic mass is 16.3. The predicted octanol–water partition coefficient (Wildman–Crippen LogP) is 0.925. The first-order valence-electron chi connectivity index (χ1n) is 9.42. The summed E-state index contributed by atoms with van der Waals surface area (Å²) < 4.78 is 9.73. The molecule has 0 spiro atoms. The molecule has 0 aliphatic carbocycles. The fourth-order valence-corrected chi connectivity index (χ4v) is 3.93. The number of aliphatic hydroxyl groups excluding tert-OH is 1. The molecule has 4 heterocycles. The lowest BCUT2D eigenvalue weighted by Gasteiger charge is -2.15. The molecule has 2 aliphatic heterocycles. The number of aliphatic hydroxyl groups is 1. The van der Waals surface area contributed by atoms with Gasteiger partial charge in [-0.05, 0) is 24.1 Å². The maximum atomic E-state index is 13.2. The molecule has 6 bridgehead atoms. The SMILES string of the molecule is [2H]c1nn2c(=NC)cc3[nH]c2c1C(=O)N1CC(O)C(Cc2cccc(c2)N3)C1. The molecule has 138 valence electrons. The lowest BCUT2D eigenvalue weighted by molar-refractivity contribution is 0.0766. The zero-order chi connectivity index (χ0) is 19.4. The molecule has 3 N–H and O–H groups in total. The van der Waals surface area contributed by atoms with Crippen LogP contribution >= 0.6 is 0 Å². The minimum Gasteiger partial charge on any atom is -0.391 e. The van der Waals surface area contributed by atoms with Gasteiger partial charge < -0.3 is 20.3 Å². The molecule has 2 aromatic heterocycles. The van der Waals surface area contributed by atoms with Crippen molar-refractivity contribution < 1.29 is 11.3 Å². The molecule has 27 heavy (non-hydrogen) atoms. The quantitative estimate of drug-likeness (QED) is 0.552. The summed E-state index contributed by atoms with van der Waals surface area (Å²) in [6.07, 6.45) is -0.0361. The lowest BCUT2D eigenvalue weighted by Crippen LogP contribution is -2.30. The average molecular weight is 365 g/mol. The first-order valence-corrected chi connectivity index (χ1v) is 8.92. The summed E-state index contributed by atoms with van der Waals surface area (Å²) in [7, 11) is 1.64. The van der Waals surface area contributed by atoms with Gasteiger partial charge in [-0.3, -0.25) is 9.79 Å². The minimum absolute atomic E-state index is 0.0477. The molecule has 1 aromatic carbocycles. The molecule has 5 rings (SSSR count). The second-order valence-corrected chi connectivity index (χ2v) is 7.08. The van der Waals surface area contributed by atoms with E-state index in [0.29, 0.717) is 29.9 Å². The normalized spacial score (nSPS) is 23.0. The zero-order valence-corrected chi connectivity index (χ0v) is 14.8. The number of aromatic nitrogens is 3. The maximum Gasteiger partial charge on any atom is 0.259 e. The third-order valence-corrected chi connectivity index (χ3v) is 5.29. The Labute approximate surface area is 156 Å². The maximum absolute atomic E-state index is 13.2. The summed E-state index contributed by atoms with van der Waals surface area (Å²) in [5, 5.41) is 18.0. The summed E-state index contributed by atoms with van der Waals surface area (Å²) in [5.41, 5.74) is 3.10. The van der Waals surface area contributed by atoms with Crippen LogP contribution in [-0.2, 0) is 6.42 Å². The molecule has 1 amide bonds.